The van der Waals surface area contributed by atoms with Crippen LogP contribution < -0.4 is 10.5 Å². The summed E-state index contributed by atoms with van der Waals surface area (Å²) in [6.07, 6.45) is 0. The van der Waals surface area contributed by atoms with E-state index >= 15 is 0 Å². The molecule has 0 aliphatic heterocycles. The van der Waals surface area contributed by atoms with Crippen molar-refractivity contribution in [3.63, 3.8) is 0 Å². The van der Waals surface area contributed by atoms with Gasteiger partial charge in [-0.05, 0) is 12.1 Å². The van der Waals surface area contributed by atoms with Crippen molar-refractivity contribution in [3.8, 4) is 5.75 Å². The molecule has 0 bridgehead atoms. The van der Waals surface area contributed by atoms with Crippen LogP contribution in [0, 0.1) is 0 Å². The first-order valence-corrected chi connectivity index (χ1v) is 5.07. The number of fused-ring (bicyclic) bond motifs is 1. The van der Waals surface area contributed by atoms with Crippen molar-refractivity contribution < 1.29 is 4.74 Å². The van der Waals surface area contributed by atoms with Gasteiger partial charge in [-0.3, -0.25) is 0 Å². The summed E-state index contributed by atoms with van der Waals surface area (Å²) in [5, 5.41) is 1.75. The first-order chi connectivity index (χ1) is 7.19. The number of ether oxygens (including phenoxy) is 1. The van der Waals surface area contributed by atoms with E-state index in [-0.39, 0.29) is 0 Å². The molecule has 0 spiro atoms. The minimum atomic E-state index is 0.437. The van der Waals surface area contributed by atoms with Crippen molar-refractivity contribution in [1.29, 1.82) is 0 Å². The number of aromatic nitrogens is 1. The lowest BCUT2D eigenvalue weighted by Crippen LogP contribution is -2.03. The Hall–Kier alpha value is -1.19. The first kappa shape index (κ1) is 10.3. The van der Waals surface area contributed by atoms with Crippen molar-refractivity contribution >= 4 is 22.5 Å². The van der Waals surface area contributed by atoms with Gasteiger partial charge in [0.05, 0.1) is 23.3 Å². The number of nitrogens with zero attached hydrogens (tertiary/aromatic N) is 1. The molecule has 1 aromatic carbocycles. The van der Waals surface area contributed by atoms with Gasteiger partial charge in [0.25, 0.3) is 0 Å². The summed E-state index contributed by atoms with van der Waals surface area (Å²) in [5.41, 5.74) is 7.64. The fourth-order valence-corrected chi connectivity index (χ4v) is 2.14. The van der Waals surface area contributed by atoms with Gasteiger partial charge in [-0.25, -0.2) is 0 Å². The Kier molecular flexibility index (Phi) is 2.59. The topological polar surface area (TPSA) is 40.2 Å². The summed E-state index contributed by atoms with van der Waals surface area (Å²) >= 11 is 6.22. The Morgan fingerprint density at radius 3 is 2.80 bits per heavy atom. The molecule has 0 aliphatic rings. The van der Waals surface area contributed by atoms with Gasteiger partial charge in [-0.15, -0.1) is 0 Å². The normalized spacial score (nSPS) is 10.9. The average molecular weight is 225 g/mol. The highest BCUT2D eigenvalue weighted by Crippen LogP contribution is 2.31. The second-order valence-corrected chi connectivity index (χ2v) is 3.78. The number of hydrogen-bond acceptors (Lipinski definition) is 2. The van der Waals surface area contributed by atoms with Crippen LogP contribution in [0.2, 0.25) is 5.02 Å². The van der Waals surface area contributed by atoms with Crippen LogP contribution in [0.25, 0.3) is 10.9 Å². The maximum atomic E-state index is 6.22. The smallest absolute Gasteiger partial charge is 0.120 e. The first-order valence-electron chi connectivity index (χ1n) is 4.70. The molecule has 80 valence electrons. The van der Waals surface area contributed by atoms with E-state index < -0.39 is 0 Å². The highest BCUT2D eigenvalue weighted by Gasteiger charge is 2.12. The molecule has 0 fully saturated rings. The van der Waals surface area contributed by atoms with E-state index in [1.54, 1.807) is 7.11 Å². The Bertz CT molecular complexity index is 505. The monoisotopic (exact) mass is 224 g/mol. The molecule has 4 heteroatoms. The molecule has 1 heterocycles. The van der Waals surface area contributed by atoms with Crippen LogP contribution in [0.5, 0.6) is 5.75 Å². The largest absolute Gasteiger partial charge is 0.497 e. The number of methoxy groups -OCH3 is 1. The van der Waals surface area contributed by atoms with Crippen LogP contribution >= 0.6 is 11.6 Å². The van der Waals surface area contributed by atoms with Crippen molar-refractivity contribution in [1.82, 2.24) is 4.57 Å². The lowest BCUT2D eigenvalue weighted by molar-refractivity contribution is 0.415. The lowest BCUT2D eigenvalue weighted by atomic mass is 10.2. The van der Waals surface area contributed by atoms with E-state index in [4.69, 9.17) is 22.1 Å². The third-order valence-corrected chi connectivity index (χ3v) is 3.08. The molecule has 3 nitrogen and oxygen atoms in total. The molecule has 2 rings (SSSR count). The highest BCUT2D eigenvalue weighted by molar-refractivity contribution is 6.36. The Morgan fingerprint density at radius 1 is 1.47 bits per heavy atom. The molecule has 15 heavy (non-hydrogen) atoms. The van der Waals surface area contributed by atoms with E-state index in [0.717, 1.165) is 27.4 Å². The third kappa shape index (κ3) is 1.48. The van der Waals surface area contributed by atoms with Crippen molar-refractivity contribution in [2.24, 2.45) is 12.8 Å². The highest BCUT2D eigenvalue weighted by atomic mass is 35.5. The number of benzene rings is 1. The minimum absolute atomic E-state index is 0.437. The zero-order chi connectivity index (χ0) is 11.0. The van der Waals surface area contributed by atoms with E-state index in [9.17, 15) is 0 Å². The number of hydrogen-bond donors (Lipinski definition) is 1. The Labute approximate surface area is 93.4 Å². The van der Waals surface area contributed by atoms with Crippen LogP contribution in [0.15, 0.2) is 18.2 Å². The molecule has 2 aromatic rings. The van der Waals surface area contributed by atoms with Gasteiger partial charge in [-0.1, -0.05) is 11.6 Å². The van der Waals surface area contributed by atoms with Gasteiger partial charge in [-0.2, -0.15) is 0 Å². The van der Waals surface area contributed by atoms with Crippen LogP contribution in [-0.2, 0) is 13.6 Å². The fraction of sp³-hybridized carbons (Fsp3) is 0.273. The fourth-order valence-electron chi connectivity index (χ4n) is 1.78. The average Bonchev–Trinajstić information content (AvgIpc) is 2.51. The summed E-state index contributed by atoms with van der Waals surface area (Å²) < 4.78 is 7.17. The molecule has 0 aliphatic carbocycles. The molecule has 0 saturated heterocycles. The predicted octanol–water partition coefficient (Wildman–Crippen LogP) is 2.30. The lowest BCUT2D eigenvalue weighted by Gasteiger charge is -2.02. The van der Waals surface area contributed by atoms with E-state index in [1.807, 2.05) is 29.8 Å². The zero-order valence-electron chi connectivity index (χ0n) is 8.75. The molecule has 0 unspecified atom stereocenters. The molecule has 1 aromatic heterocycles. The van der Waals surface area contributed by atoms with Gasteiger partial charge in [0.15, 0.2) is 0 Å². The molecule has 2 N–H and O–H groups in total. The quantitative estimate of drug-likeness (QED) is 0.851. The number of rotatable bonds is 2. The SMILES string of the molecule is COc1ccc2c(Cl)c(CN)n(C)c2c1. The van der Waals surface area contributed by atoms with E-state index in [2.05, 4.69) is 0 Å². The third-order valence-electron chi connectivity index (χ3n) is 2.65. The molecule has 0 saturated carbocycles. The van der Waals surface area contributed by atoms with Crippen LogP contribution in [0.1, 0.15) is 5.69 Å². The molecule has 0 atom stereocenters. The van der Waals surface area contributed by atoms with Gasteiger partial charge in [0.2, 0.25) is 0 Å². The molecular weight excluding hydrogens is 212 g/mol. The van der Waals surface area contributed by atoms with Crippen molar-refractivity contribution in [2.45, 2.75) is 6.54 Å². The van der Waals surface area contributed by atoms with E-state index in [1.165, 1.54) is 0 Å². The second kappa shape index (κ2) is 3.76. The van der Waals surface area contributed by atoms with Gasteiger partial charge in [0, 0.05) is 25.0 Å². The number of nitrogens with two attached hydrogens (primary N) is 1. The second-order valence-electron chi connectivity index (χ2n) is 3.41. The van der Waals surface area contributed by atoms with Gasteiger partial charge < -0.3 is 15.0 Å². The predicted molar refractivity (Wildman–Crippen MR) is 62.4 cm³/mol. The number of aryl methyl sites for hydroxylation is 1. The van der Waals surface area contributed by atoms with E-state index in [0.29, 0.717) is 6.54 Å². The Balaban J connectivity index is 2.77. The summed E-state index contributed by atoms with van der Waals surface area (Å²) in [4.78, 5) is 0. The summed E-state index contributed by atoms with van der Waals surface area (Å²) in [7, 11) is 3.60. The maximum Gasteiger partial charge on any atom is 0.120 e. The summed E-state index contributed by atoms with van der Waals surface area (Å²) in [6, 6.07) is 5.81. The minimum Gasteiger partial charge on any atom is -0.497 e. The number of halogens is 1. The maximum absolute atomic E-state index is 6.22. The molecule has 0 radical (unpaired) electrons. The van der Waals surface area contributed by atoms with Crippen LogP contribution in [-0.4, -0.2) is 11.7 Å². The van der Waals surface area contributed by atoms with Crippen LogP contribution in [0.4, 0.5) is 0 Å². The summed E-state index contributed by atoms with van der Waals surface area (Å²) in [6.45, 7) is 0.437. The standard InChI is InChI=1S/C11H13ClN2O/c1-14-9-5-7(15-2)3-4-8(9)11(12)10(14)6-13/h3-5H,6,13H2,1-2H3. The van der Waals surface area contributed by atoms with Crippen molar-refractivity contribution in [3.05, 3.63) is 28.9 Å². The molecular formula is C11H13ClN2O. The Morgan fingerprint density at radius 2 is 2.20 bits per heavy atom. The van der Waals surface area contributed by atoms with Gasteiger partial charge >= 0.3 is 0 Å². The van der Waals surface area contributed by atoms with Gasteiger partial charge in [0.1, 0.15) is 5.75 Å². The van der Waals surface area contributed by atoms with Crippen LogP contribution in [0.3, 0.4) is 0 Å². The van der Waals surface area contributed by atoms with Crippen molar-refractivity contribution in [2.75, 3.05) is 7.11 Å². The summed E-state index contributed by atoms with van der Waals surface area (Å²) in [5.74, 6) is 0.823. The zero-order valence-corrected chi connectivity index (χ0v) is 9.51. The molecule has 0 amide bonds.